The van der Waals surface area contributed by atoms with Gasteiger partial charge in [-0.15, -0.1) is 0 Å². The lowest BCUT2D eigenvalue weighted by atomic mass is 10.1. The number of rotatable bonds is 3. The molecule has 14 heavy (non-hydrogen) atoms. The molecule has 1 aromatic carbocycles. The van der Waals surface area contributed by atoms with E-state index < -0.39 is 4.92 Å². The third kappa shape index (κ3) is 2.22. The number of non-ortho nitro benzene ring substituents is 1. The summed E-state index contributed by atoms with van der Waals surface area (Å²) in [5.74, 6) is 0. The molecule has 0 radical (unpaired) electrons. The number of hydrogen-bond acceptors (Lipinski definition) is 4. The van der Waals surface area contributed by atoms with Gasteiger partial charge < -0.3 is 0 Å². The Morgan fingerprint density at radius 2 is 2.00 bits per heavy atom. The van der Waals surface area contributed by atoms with Crippen molar-refractivity contribution in [1.82, 2.24) is 0 Å². The van der Waals surface area contributed by atoms with Gasteiger partial charge in [0.15, 0.2) is 0 Å². The van der Waals surface area contributed by atoms with Crippen molar-refractivity contribution in [1.29, 1.82) is 0 Å². The molecule has 0 saturated carbocycles. The second kappa shape index (κ2) is 4.27. The van der Waals surface area contributed by atoms with E-state index in [2.05, 4.69) is 4.99 Å². The van der Waals surface area contributed by atoms with Gasteiger partial charge in [-0.2, -0.15) is 0 Å². The Morgan fingerprint density at radius 1 is 1.36 bits per heavy atom. The van der Waals surface area contributed by atoms with Gasteiger partial charge >= 0.3 is 0 Å². The first-order chi connectivity index (χ1) is 6.67. The number of aldehydes is 1. The molecule has 0 amide bonds. The Hall–Kier alpha value is -2.04. The first-order valence-electron chi connectivity index (χ1n) is 3.84. The number of benzene rings is 1. The minimum atomic E-state index is -0.542. The van der Waals surface area contributed by atoms with E-state index in [-0.39, 0.29) is 11.3 Å². The normalized spacial score (nSPS) is 10.4. The van der Waals surface area contributed by atoms with Crippen LogP contribution < -0.4 is 0 Å². The molecule has 0 N–H and O–H groups in total. The summed E-state index contributed by atoms with van der Waals surface area (Å²) in [6, 6.07) is 4.12. The molecule has 1 rings (SSSR count). The highest BCUT2D eigenvalue weighted by atomic mass is 16.6. The lowest BCUT2D eigenvalue weighted by Gasteiger charge is -1.96. The van der Waals surface area contributed by atoms with E-state index >= 15 is 0 Å². The van der Waals surface area contributed by atoms with Crippen molar-refractivity contribution in [2.75, 3.05) is 7.05 Å². The summed E-state index contributed by atoms with van der Waals surface area (Å²) in [6.45, 7) is 0. The zero-order valence-corrected chi connectivity index (χ0v) is 7.51. The Balaban J connectivity index is 3.26. The van der Waals surface area contributed by atoms with Crippen molar-refractivity contribution in [3.63, 3.8) is 0 Å². The van der Waals surface area contributed by atoms with Gasteiger partial charge in [0.1, 0.15) is 6.29 Å². The Kier molecular flexibility index (Phi) is 3.06. The summed E-state index contributed by atoms with van der Waals surface area (Å²) in [4.78, 5) is 24.1. The topological polar surface area (TPSA) is 72.6 Å². The molecule has 0 bridgehead atoms. The number of nitrogens with zero attached hydrogens (tertiary/aromatic N) is 2. The quantitative estimate of drug-likeness (QED) is 0.315. The standard InChI is InChI=1S/C9H8N2O3/c1-10-5-7-2-8(6-12)4-9(3-7)11(13)14/h2-6H,1H3. The number of hydrogen-bond donors (Lipinski definition) is 0. The molecule has 1 aromatic rings. The highest BCUT2D eigenvalue weighted by Gasteiger charge is 2.07. The average molecular weight is 192 g/mol. The van der Waals surface area contributed by atoms with Crippen molar-refractivity contribution < 1.29 is 9.72 Å². The van der Waals surface area contributed by atoms with Crippen LogP contribution in [0.3, 0.4) is 0 Å². The van der Waals surface area contributed by atoms with Crippen LogP contribution in [-0.2, 0) is 0 Å². The fourth-order valence-corrected chi connectivity index (χ4v) is 1.06. The predicted octanol–water partition coefficient (Wildman–Crippen LogP) is 1.46. The van der Waals surface area contributed by atoms with Gasteiger partial charge in [-0.05, 0) is 11.6 Å². The van der Waals surface area contributed by atoms with Gasteiger partial charge in [0.25, 0.3) is 5.69 Å². The van der Waals surface area contributed by atoms with Gasteiger partial charge in [0, 0.05) is 31.0 Å². The van der Waals surface area contributed by atoms with Crippen LogP contribution in [-0.4, -0.2) is 24.5 Å². The van der Waals surface area contributed by atoms with Gasteiger partial charge in [-0.25, -0.2) is 0 Å². The van der Waals surface area contributed by atoms with E-state index in [1.54, 1.807) is 7.05 Å². The van der Waals surface area contributed by atoms with Crippen molar-refractivity contribution in [3.05, 3.63) is 39.4 Å². The molecule has 0 saturated heterocycles. The van der Waals surface area contributed by atoms with Crippen LogP contribution in [0.5, 0.6) is 0 Å². The molecule has 5 nitrogen and oxygen atoms in total. The van der Waals surface area contributed by atoms with Gasteiger partial charge in [-0.1, -0.05) is 0 Å². The molecule has 0 aliphatic carbocycles. The monoisotopic (exact) mass is 192 g/mol. The van der Waals surface area contributed by atoms with Crippen molar-refractivity contribution >= 4 is 18.2 Å². The number of nitro groups is 1. The molecule has 0 atom stereocenters. The number of carbonyl (C=O) groups is 1. The Morgan fingerprint density at radius 3 is 2.50 bits per heavy atom. The first kappa shape index (κ1) is 10.0. The Bertz CT molecular complexity index is 399. The summed E-state index contributed by atoms with van der Waals surface area (Å²) in [5, 5.41) is 10.5. The van der Waals surface area contributed by atoms with Crippen LogP contribution >= 0.6 is 0 Å². The minimum absolute atomic E-state index is 0.107. The van der Waals surface area contributed by atoms with Crippen LogP contribution in [0.4, 0.5) is 5.69 Å². The highest BCUT2D eigenvalue weighted by molar-refractivity contribution is 5.85. The van der Waals surface area contributed by atoms with E-state index in [1.165, 1.54) is 24.4 Å². The lowest BCUT2D eigenvalue weighted by molar-refractivity contribution is -0.384. The molecule has 72 valence electrons. The van der Waals surface area contributed by atoms with E-state index in [1.807, 2.05) is 0 Å². The zero-order chi connectivity index (χ0) is 10.6. The fraction of sp³-hybridized carbons (Fsp3) is 0.111. The molecule has 0 fully saturated rings. The predicted molar refractivity (Wildman–Crippen MR) is 52.0 cm³/mol. The molecule has 5 heteroatoms. The number of aliphatic imine (C=N–C) groups is 1. The van der Waals surface area contributed by atoms with Crippen molar-refractivity contribution in [2.45, 2.75) is 0 Å². The van der Waals surface area contributed by atoms with E-state index in [0.29, 0.717) is 11.8 Å². The van der Waals surface area contributed by atoms with Crippen molar-refractivity contribution in [2.24, 2.45) is 4.99 Å². The molecule has 0 aliphatic rings. The smallest absolute Gasteiger partial charge is 0.270 e. The van der Waals surface area contributed by atoms with Gasteiger partial charge in [0.05, 0.1) is 4.92 Å². The summed E-state index contributed by atoms with van der Waals surface area (Å²) < 4.78 is 0. The summed E-state index contributed by atoms with van der Waals surface area (Å²) >= 11 is 0. The molecule has 0 heterocycles. The molecular weight excluding hydrogens is 184 g/mol. The maximum atomic E-state index is 10.5. The molecule has 0 aromatic heterocycles. The zero-order valence-electron chi connectivity index (χ0n) is 7.51. The maximum Gasteiger partial charge on any atom is 0.270 e. The summed E-state index contributed by atoms with van der Waals surface area (Å²) in [7, 11) is 1.55. The third-order valence-electron chi connectivity index (χ3n) is 1.59. The first-order valence-corrected chi connectivity index (χ1v) is 3.84. The number of nitro benzene ring substituents is 1. The summed E-state index contributed by atoms with van der Waals surface area (Å²) in [5.41, 5.74) is 0.711. The van der Waals surface area contributed by atoms with Crippen LogP contribution in [0.25, 0.3) is 0 Å². The molecule has 0 aliphatic heterocycles. The molecule has 0 spiro atoms. The van der Waals surface area contributed by atoms with E-state index in [4.69, 9.17) is 0 Å². The lowest BCUT2D eigenvalue weighted by Crippen LogP contribution is -1.93. The number of carbonyl (C=O) groups excluding carboxylic acids is 1. The highest BCUT2D eigenvalue weighted by Crippen LogP contribution is 2.14. The third-order valence-corrected chi connectivity index (χ3v) is 1.59. The van der Waals surface area contributed by atoms with E-state index in [9.17, 15) is 14.9 Å². The van der Waals surface area contributed by atoms with E-state index in [0.717, 1.165) is 0 Å². The fourth-order valence-electron chi connectivity index (χ4n) is 1.06. The van der Waals surface area contributed by atoms with Gasteiger partial charge in [0.2, 0.25) is 0 Å². The van der Waals surface area contributed by atoms with Gasteiger partial charge in [-0.3, -0.25) is 19.9 Å². The van der Waals surface area contributed by atoms with Crippen molar-refractivity contribution in [3.8, 4) is 0 Å². The maximum absolute atomic E-state index is 10.5. The van der Waals surface area contributed by atoms with Crippen LogP contribution in [0.15, 0.2) is 23.2 Å². The SMILES string of the molecule is CN=Cc1cc(C=O)cc([N+](=O)[O-])c1. The largest absolute Gasteiger partial charge is 0.298 e. The minimum Gasteiger partial charge on any atom is -0.298 e. The summed E-state index contributed by atoms with van der Waals surface area (Å²) in [6.07, 6.45) is 2.03. The second-order valence-corrected chi connectivity index (χ2v) is 2.62. The van der Waals surface area contributed by atoms with Crippen LogP contribution in [0.2, 0.25) is 0 Å². The Labute approximate surface area is 80.2 Å². The molecule has 0 unspecified atom stereocenters. The van der Waals surface area contributed by atoms with Crippen LogP contribution in [0, 0.1) is 10.1 Å². The second-order valence-electron chi connectivity index (χ2n) is 2.62. The average Bonchev–Trinajstić information content (AvgIpc) is 2.17. The molecular formula is C9H8N2O3. The van der Waals surface area contributed by atoms with Crippen LogP contribution in [0.1, 0.15) is 15.9 Å².